The van der Waals surface area contributed by atoms with E-state index in [0.717, 1.165) is 0 Å². The van der Waals surface area contributed by atoms with E-state index >= 15 is 0 Å². The highest BCUT2D eigenvalue weighted by atomic mass is 127. The van der Waals surface area contributed by atoms with E-state index in [1.54, 1.807) is 0 Å². The monoisotopic (exact) mass is 362 g/mol. The quantitative estimate of drug-likeness (QED) is 0.522. The first-order valence-corrected chi connectivity index (χ1v) is 4.84. The second-order valence-corrected chi connectivity index (χ2v) is 5.85. The Morgan fingerprint density at radius 3 is 1.88 bits per heavy atom. The summed E-state index contributed by atoms with van der Waals surface area (Å²) in [6.45, 7) is 0. The summed E-state index contributed by atoms with van der Waals surface area (Å²) in [5, 5.41) is 0. The van der Waals surface area contributed by atoms with E-state index in [2.05, 4.69) is 31.9 Å². The van der Waals surface area contributed by atoms with Gasteiger partial charge in [0.15, 0.2) is 0 Å². The van der Waals surface area contributed by atoms with Gasteiger partial charge >= 0.3 is 0 Å². The van der Waals surface area contributed by atoms with Crippen molar-refractivity contribution in [1.29, 1.82) is 0 Å². The fraction of sp³-hybridized carbons (Fsp3) is 1.00. The highest BCUT2D eigenvalue weighted by Crippen LogP contribution is 2.34. The van der Waals surface area contributed by atoms with Crippen LogP contribution in [0.1, 0.15) is 0 Å². The second-order valence-electron chi connectivity index (χ2n) is 1.20. The van der Waals surface area contributed by atoms with E-state index < -0.39 is 9.66 Å². The number of rotatable bonds is 2. The van der Waals surface area contributed by atoms with Crippen molar-refractivity contribution in [2.24, 2.45) is 0 Å². The fourth-order valence-corrected chi connectivity index (χ4v) is 0.391. The maximum Gasteiger partial charge on any atom is 0.264 e. The van der Waals surface area contributed by atoms with Crippen LogP contribution in [0.25, 0.3) is 0 Å². The van der Waals surface area contributed by atoms with Crippen LogP contribution < -0.4 is 0 Å². The van der Waals surface area contributed by atoms with E-state index in [0.29, 0.717) is 4.43 Å². The summed E-state index contributed by atoms with van der Waals surface area (Å²) in [7, 11) is 0. The van der Waals surface area contributed by atoms with E-state index in [9.17, 15) is 8.78 Å². The zero-order chi connectivity index (χ0) is 6.78. The first-order valence-electron chi connectivity index (χ1n) is 1.72. The molecule has 0 radical (unpaired) electrons. The van der Waals surface area contributed by atoms with Crippen molar-refractivity contribution < 1.29 is 8.78 Å². The third-order valence-electron chi connectivity index (χ3n) is 0.497. The van der Waals surface area contributed by atoms with Crippen LogP contribution in [0.15, 0.2) is 0 Å². The zero-order valence-electron chi connectivity index (χ0n) is 3.67. The van der Waals surface area contributed by atoms with Crippen molar-refractivity contribution in [1.82, 2.24) is 0 Å². The Morgan fingerprint density at radius 2 is 1.88 bits per heavy atom. The number of alkyl halides is 5. The van der Waals surface area contributed by atoms with Crippen LogP contribution in [-0.2, 0) is 0 Å². The molecule has 0 bridgehead atoms. The highest BCUT2D eigenvalue weighted by Gasteiger charge is 2.32. The largest absolute Gasteiger partial charge is 0.264 e. The van der Waals surface area contributed by atoms with Crippen LogP contribution in [0.2, 0.25) is 0 Å². The molecule has 0 rings (SSSR count). The maximum atomic E-state index is 11.7. The van der Waals surface area contributed by atoms with Crippen molar-refractivity contribution >= 4 is 54.5 Å². The first kappa shape index (κ1) is 9.55. The molecule has 0 aliphatic heterocycles. The molecule has 0 saturated heterocycles. The minimum absolute atomic E-state index is 0.336. The molecule has 5 heteroatoms. The summed E-state index contributed by atoms with van der Waals surface area (Å²) in [5.74, 6) is 0. The fourth-order valence-electron chi connectivity index (χ4n) is 0.0583. The van der Waals surface area contributed by atoms with Gasteiger partial charge in [-0.1, -0.05) is 54.5 Å². The van der Waals surface area contributed by atoms with Gasteiger partial charge in [-0.2, -0.15) is 0 Å². The van der Waals surface area contributed by atoms with Crippen molar-refractivity contribution in [3.8, 4) is 0 Å². The predicted molar refractivity (Wildman–Crippen MR) is 45.5 cm³/mol. The topological polar surface area (TPSA) is 0 Å². The van der Waals surface area contributed by atoms with Crippen LogP contribution >= 0.6 is 54.5 Å². The Balaban J connectivity index is 3.71. The van der Waals surface area contributed by atoms with E-state index in [1.165, 1.54) is 0 Å². The van der Waals surface area contributed by atoms with Crippen molar-refractivity contribution in [3.63, 3.8) is 0 Å². The standard InChI is InChI=1S/C3H3Br2F2I/c4-3(5,1-8)2(6)7/h2H,1H2. The normalized spacial score (nSPS) is 12.8. The lowest BCUT2D eigenvalue weighted by molar-refractivity contribution is 0.146. The van der Waals surface area contributed by atoms with Crippen molar-refractivity contribution in [2.45, 2.75) is 9.66 Å². The van der Waals surface area contributed by atoms with Crippen molar-refractivity contribution in [3.05, 3.63) is 0 Å². The molecule has 0 saturated carbocycles. The molecule has 8 heavy (non-hydrogen) atoms. The van der Waals surface area contributed by atoms with Gasteiger partial charge in [0.2, 0.25) is 0 Å². The second kappa shape index (κ2) is 3.65. The number of halogens is 5. The molecule has 0 N–H and O–H groups in total. The lowest BCUT2D eigenvalue weighted by Gasteiger charge is -2.14. The van der Waals surface area contributed by atoms with Gasteiger partial charge in [0.05, 0.1) is 0 Å². The van der Waals surface area contributed by atoms with Crippen LogP contribution in [0, 0.1) is 0 Å². The SMILES string of the molecule is FC(F)C(Br)(Br)CI. The minimum Gasteiger partial charge on any atom is -0.208 e. The molecular weight excluding hydrogens is 361 g/mol. The van der Waals surface area contributed by atoms with Gasteiger partial charge in [-0.15, -0.1) is 0 Å². The molecule has 0 atom stereocenters. The Labute approximate surface area is 76.8 Å². The first-order chi connectivity index (χ1) is 3.50. The van der Waals surface area contributed by atoms with Gasteiger partial charge in [0.25, 0.3) is 6.43 Å². The van der Waals surface area contributed by atoms with Gasteiger partial charge in [0, 0.05) is 4.43 Å². The van der Waals surface area contributed by atoms with Gasteiger partial charge < -0.3 is 0 Å². The number of hydrogen-bond acceptors (Lipinski definition) is 0. The summed E-state index contributed by atoms with van der Waals surface area (Å²) < 4.78 is 22.6. The molecule has 0 nitrogen and oxygen atoms in total. The van der Waals surface area contributed by atoms with E-state index in [4.69, 9.17) is 0 Å². The van der Waals surface area contributed by atoms with Crippen molar-refractivity contribution in [2.75, 3.05) is 4.43 Å². The summed E-state index contributed by atoms with van der Waals surface area (Å²) in [6.07, 6.45) is -2.36. The van der Waals surface area contributed by atoms with Crippen LogP contribution in [0.3, 0.4) is 0 Å². The lowest BCUT2D eigenvalue weighted by atomic mass is 10.5. The van der Waals surface area contributed by atoms with Crippen LogP contribution in [0.4, 0.5) is 8.78 Å². The molecular formula is C3H3Br2F2I. The molecule has 50 valence electrons. The van der Waals surface area contributed by atoms with Gasteiger partial charge in [-0.05, 0) is 0 Å². The van der Waals surface area contributed by atoms with E-state index in [-0.39, 0.29) is 0 Å². The summed E-state index contributed by atoms with van der Waals surface area (Å²) in [6, 6.07) is 0. The molecule has 0 fully saturated rings. The molecule has 0 spiro atoms. The van der Waals surface area contributed by atoms with E-state index in [1.807, 2.05) is 22.6 Å². The predicted octanol–water partition coefficient (Wildman–Crippen LogP) is 3.17. The number of hydrogen-bond donors (Lipinski definition) is 0. The van der Waals surface area contributed by atoms with Crippen LogP contribution in [-0.4, -0.2) is 14.1 Å². The molecule has 0 unspecified atom stereocenters. The van der Waals surface area contributed by atoms with Crippen LogP contribution in [0.5, 0.6) is 0 Å². The third kappa shape index (κ3) is 2.91. The average Bonchev–Trinajstić information content (AvgIpc) is 1.67. The third-order valence-corrected chi connectivity index (χ3v) is 5.05. The summed E-state index contributed by atoms with van der Waals surface area (Å²) in [5.41, 5.74) is 0. The van der Waals surface area contributed by atoms with Gasteiger partial charge in [0.1, 0.15) is 3.23 Å². The maximum absolute atomic E-state index is 11.7. The van der Waals surface area contributed by atoms with Gasteiger partial charge in [-0.25, -0.2) is 8.78 Å². The smallest absolute Gasteiger partial charge is 0.208 e. The Kier molecular flexibility index (Phi) is 4.36. The van der Waals surface area contributed by atoms with Gasteiger partial charge in [-0.3, -0.25) is 0 Å². The molecule has 0 amide bonds. The Bertz CT molecular complexity index is 75.7. The molecule has 0 aliphatic rings. The molecule has 0 aromatic heterocycles. The molecule has 0 aromatic rings. The summed E-state index contributed by atoms with van der Waals surface area (Å²) in [4.78, 5) is 0. The average molecular weight is 364 g/mol. The molecule has 0 aliphatic carbocycles. The highest BCUT2D eigenvalue weighted by molar-refractivity contribution is 14.1. The Hall–Kier alpha value is 1.55. The minimum atomic E-state index is -2.36. The molecule has 0 heterocycles. The lowest BCUT2D eigenvalue weighted by Crippen LogP contribution is -2.23. The molecule has 0 aromatic carbocycles. The zero-order valence-corrected chi connectivity index (χ0v) is 9.00. The Morgan fingerprint density at radius 1 is 1.50 bits per heavy atom. The summed E-state index contributed by atoms with van der Waals surface area (Å²) >= 11 is 7.48.